The minimum atomic E-state index is -0.271. The summed E-state index contributed by atoms with van der Waals surface area (Å²) in [5.41, 5.74) is 5.87. The first kappa shape index (κ1) is 19.8. The first-order chi connectivity index (χ1) is 15.8. The predicted octanol–water partition coefficient (Wildman–Crippen LogP) is 3.89. The topological polar surface area (TPSA) is 89.8 Å². The fourth-order valence-electron chi connectivity index (χ4n) is 3.20. The molecule has 32 heavy (non-hydrogen) atoms. The lowest BCUT2D eigenvalue weighted by Gasteiger charge is -2.06. The molecule has 0 aliphatic carbocycles. The van der Waals surface area contributed by atoms with Crippen LogP contribution in [0.15, 0.2) is 77.3 Å². The van der Waals surface area contributed by atoms with E-state index >= 15 is 0 Å². The molecule has 3 heterocycles. The van der Waals surface area contributed by atoms with Crippen LogP contribution in [-0.4, -0.2) is 35.2 Å². The second kappa shape index (κ2) is 8.94. The Morgan fingerprint density at radius 3 is 2.84 bits per heavy atom. The predicted molar refractivity (Wildman–Crippen MR) is 124 cm³/mol. The van der Waals surface area contributed by atoms with Crippen LogP contribution in [0.25, 0.3) is 16.3 Å². The molecule has 1 aliphatic heterocycles. The molecule has 160 valence electrons. The smallest absolute Gasteiger partial charge is 0.259 e. The average Bonchev–Trinajstić information content (AvgIpc) is 3.58. The Morgan fingerprint density at radius 2 is 2.00 bits per heavy atom. The number of fused-ring (bicyclic) bond motifs is 1. The number of thiophene rings is 1. The third-order valence-electron chi connectivity index (χ3n) is 4.74. The lowest BCUT2D eigenvalue weighted by molar-refractivity contribution is -0.119. The van der Waals surface area contributed by atoms with Crippen LogP contribution in [0.1, 0.15) is 5.56 Å². The van der Waals surface area contributed by atoms with Gasteiger partial charge in [-0.25, -0.2) is 10.1 Å². The molecular formula is C23H19N5O3S. The minimum absolute atomic E-state index is 0.0675. The van der Waals surface area contributed by atoms with Crippen molar-refractivity contribution in [3.05, 3.63) is 77.8 Å². The van der Waals surface area contributed by atoms with Gasteiger partial charge in [-0.3, -0.25) is 4.79 Å². The highest BCUT2D eigenvalue weighted by atomic mass is 32.1. The molecule has 0 saturated heterocycles. The number of ether oxygens (including phenoxy) is 2. The van der Waals surface area contributed by atoms with Crippen LogP contribution in [0.5, 0.6) is 11.5 Å². The van der Waals surface area contributed by atoms with Gasteiger partial charge in [0.2, 0.25) is 6.79 Å². The van der Waals surface area contributed by atoms with Crippen molar-refractivity contribution in [1.82, 2.24) is 15.2 Å². The molecule has 0 spiro atoms. The molecular weight excluding hydrogens is 426 g/mol. The molecule has 4 aromatic rings. The summed E-state index contributed by atoms with van der Waals surface area (Å²) in [7, 11) is 0. The number of hydrazone groups is 1. The maximum absolute atomic E-state index is 12.2. The van der Waals surface area contributed by atoms with Gasteiger partial charge in [0.25, 0.3) is 5.91 Å². The maximum atomic E-state index is 12.2. The van der Waals surface area contributed by atoms with Crippen molar-refractivity contribution in [2.45, 2.75) is 0 Å². The number of amides is 1. The van der Waals surface area contributed by atoms with E-state index in [9.17, 15) is 4.79 Å². The second-order valence-corrected chi connectivity index (χ2v) is 7.85. The quantitative estimate of drug-likeness (QED) is 0.333. The first-order valence-electron chi connectivity index (χ1n) is 9.91. The molecule has 0 atom stereocenters. The zero-order valence-electron chi connectivity index (χ0n) is 16.9. The molecule has 1 amide bonds. The van der Waals surface area contributed by atoms with Crippen LogP contribution in [0.3, 0.4) is 0 Å². The summed E-state index contributed by atoms with van der Waals surface area (Å²) in [6.45, 7) is 0.278. The number of nitrogens with one attached hydrogen (secondary N) is 2. The second-order valence-electron chi connectivity index (χ2n) is 6.91. The molecule has 0 bridgehead atoms. The van der Waals surface area contributed by atoms with E-state index in [0.29, 0.717) is 11.5 Å². The van der Waals surface area contributed by atoms with Gasteiger partial charge in [0, 0.05) is 23.5 Å². The Hall–Kier alpha value is -4.11. The van der Waals surface area contributed by atoms with Crippen molar-refractivity contribution in [1.29, 1.82) is 0 Å². The molecule has 0 radical (unpaired) electrons. The zero-order chi connectivity index (χ0) is 21.8. The van der Waals surface area contributed by atoms with Gasteiger partial charge in [-0.05, 0) is 35.7 Å². The number of anilines is 1. The van der Waals surface area contributed by atoms with E-state index < -0.39 is 0 Å². The van der Waals surface area contributed by atoms with Crippen LogP contribution < -0.4 is 20.2 Å². The molecule has 0 fully saturated rings. The number of carbonyl (C=O) groups excluding carboxylic acids is 1. The molecule has 0 unspecified atom stereocenters. The van der Waals surface area contributed by atoms with Crippen LogP contribution in [0.4, 0.5) is 5.69 Å². The van der Waals surface area contributed by atoms with E-state index in [1.54, 1.807) is 34.4 Å². The minimum Gasteiger partial charge on any atom is -0.454 e. The standard InChI is InChI=1S/C23H19N5O3S/c29-22(13-24-17-8-9-19-20(11-17)31-15-30-19)26-25-12-16-14-28(18-5-2-1-3-6-18)27-23(16)21-7-4-10-32-21/h1-12,14,24H,13,15H2,(H,26,29)/b25-12-. The number of hydrogen-bond acceptors (Lipinski definition) is 7. The normalized spacial score (nSPS) is 12.2. The summed E-state index contributed by atoms with van der Waals surface area (Å²) in [4.78, 5) is 13.2. The summed E-state index contributed by atoms with van der Waals surface area (Å²) >= 11 is 1.60. The SMILES string of the molecule is O=C(CNc1ccc2c(c1)OCO2)N/N=C\c1cn(-c2ccccc2)nc1-c1cccs1. The highest BCUT2D eigenvalue weighted by Crippen LogP contribution is 2.34. The van der Waals surface area contributed by atoms with Crippen molar-refractivity contribution in [3.8, 4) is 27.8 Å². The monoisotopic (exact) mass is 445 g/mol. The Labute approximate surface area is 188 Å². The molecule has 2 aromatic heterocycles. The number of para-hydroxylation sites is 1. The summed E-state index contributed by atoms with van der Waals surface area (Å²) in [5, 5.41) is 13.9. The van der Waals surface area contributed by atoms with Crippen LogP contribution in [0, 0.1) is 0 Å². The molecule has 0 saturated carbocycles. The van der Waals surface area contributed by atoms with Crippen molar-refractivity contribution in [2.24, 2.45) is 5.10 Å². The van der Waals surface area contributed by atoms with Gasteiger partial charge in [-0.15, -0.1) is 11.3 Å². The summed E-state index contributed by atoms with van der Waals surface area (Å²) in [6.07, 6.45) is 3.50. The Balaban J connectivity index is 1.25. The van der Waals surface area contributed by atoms with E-state index in [1.807, 2.05) is 60.1 Å². The van der Waals surface area contributed by atoms with E-state index in [1.165, 1.54) is 0 Å². The highest BCUT2D eigenvalue weighted by Gasteiger charge is 2.14. The molecule has 8 nitrogen and oxygen atoms in total. The van der Waals surface area contributed by atoms with E-state index in [2.05, 4.69) is 15.8 Å². The van der Waals surface area contributed by atoms with E-state index in [0.717, 1.165) is 27.5 Å². The number of carbonyl (C=O) groups is 1. The van der Waals surface area contributed by atoms with Gasteiger partial charge < -0.3 is 14.8 Å². The van der Waals surface area contributed by atoms with Crippen molar-refractivity contribution in [3.63, 3.8) is 0 Å². The van der Waals surface area contributed by atoms with E-state index in [-0.39, 0.29) is 19.2 Å². The highest BCUT2D eigenvalue weighted by molar-refractivity contribution is 7.13. The summed E-state index contributed by atoms with van der Waals surface area (Å²) in [6, 6.07) is 19.3. The number of rotatable bonds is 7. The Morgan fingerprint density at radius 1 is 1.12 bits per heavy atom. The van der Waals surface area contributed by atoms with Gasteiger partial charge >= 0.3 is 0 Å². The fraction of sp³-hybridized carbons (Fsp3) is 0.0870. The van der Waals surface area contributed by atoms with Crippen molar-refractivity contribution < 1.29 is 14.3 Å². The van der Waals surface area contributed by atoms with E-state index in [4.69, 9.17) is 14.6 Å². The largest absolute Gasteiger partial charge is 0.454 e. The van der Waals surface area contributed by atoms with Crippen molar-refractivity contribution in [2.75, 3.05) is 18.7 Å². The number of benzene rings is 2. The third kappa shape index (κ3) is 4.33. The van der Waals surface area contributed by atoms with Gasteiger partial charge in [-0.2, -0.15) is 10.2 Å². The first-order valence-corrected chi connectivity index (χ1v) is 10.8. The number of aromatic nitrogens is 2. The Kier molecular flexibility index (Phi) is 5.54. The Bertz CT molecular complexity index is 1250. The average molecular weight is 446 g/mol. The number of hydrogen-bond donors (Lipinski definition) is 2. The van der Waals surface area contributed by atoms with Gasteiger partial charge in [0.15, 0.2) is 11.5 Å². The van der Waals surface area contributed by atoms with Crippen LogP contribution in [-0.2, 0) is 4.79 Å². The lowest BCUT2D eigenvalue weighted by Crippen LogP contribution is -2.25. The van der Waals surface area contributed by atoms with Crippen LogP contribution >= 0.6 is 11.3 Å². The lowest BCUT2D eigenvalue weighted by atomic mass is 10.2. The molecule has 5 rings (SSSR count). The fourth-order valence-corrected chi connectivity index (χ4v) is 3.93. The molecule has 2 N–H and O–H groups in total. The summed E-state index contributed by atoms with van der Waals surface area (Å²) in [5.74, 6) is 1.08. The zero-order valence-corrected chi connectivity index (χ0v) is 17.7. The molecule has 9 heteroatoms. The molecule has 2 aromatic carbocycles. The number of nitrogens with zero attached hydrogens (tertiary/aromatic N) is 3. The molecule has 1 aliphatic rings. The van der Waals surface area contributed by atoms with Crippen molar-refractivity contribution >= 4 is 29.1 Å². The summed E-state index contributed by atoms with van der Waals surface area (Å²) < 4.78 is 12.4. The van der Waals surface area contributed by atoms with Gasteiger partial charge in [0.05, 0.1) is 23.3 Å². The van der Waals surface area contributed by atoms with Crippen LogP contribution in [0.2, 0.25) is 0 Å². The van der Waals surface area contributed by atoms with Gasteiger partial charge in [0.1, 0.15) is 5.69 Å². The van der Waals surface area contributed by atoms with Gasteiger partial charge in [-0.1, -0.05) is 24.3 Å². The maximum Gasteiger partial charge on any atom is 0.259 e. The third-order valence-corrected chi connectivity index (χ3v) is 5.61.